The van der Waals surface area contributed by atoms with Crippen molar-refractivity contribution in [3.63, 3.8) is 0 Å². The van der Waals surface area contributed by atoms with Crippen LogP contribution >= 0.6 is 23.2 Å². The Morgan fingerprint density at radius 1 is 1.53 bits per heavy atom. The van der Waals surface area contributed by atoms with E-state index in [4.69, 9.17) is 33.7 Å². The zero-order valence-electron chi connectivity index (χ0n) is 10.2. The lowest BCUT2D eigenvalue weighted by Gasteiger charge is -2.11. The first-order valence-electron chi connectivity index (χ1n) is 5.92. The molecule has 1 aliphatic carbocycles. The number of aliphatic hydroxyl groups is 1. The van der Waals surface area contributed by atoms with Gasteiger partial charge in [0.2, 0.25) is 0 Å². The minimum atomic E-state index is -0.727. The lowest BCUT2D eigenvalue weighted by Crippen LogP contribution is -2.16. The first kappa shape index (κ1) is 14.4. The topological polar surface area (TPSA) is 85.4 Å². The van der Waals surface area contributed by atoms with Crippen LogP contribution in [0.25, 0.3) is 0 Å². The van der Waals surface area contributed by atoms with Gasteiger partial charge in [-0.25, -0.2) is 4.98 Å². The molecule has 0 aromatic carbocycles. The number of pyridine rings is 1. The van der Waals surface area contributed by atoms with Crippen molar-refractivity contribution in [2.24, 2.45) is 5.73 Å². The van der Waals surface area contributed by atoms with Crippen LogP contribution in [0.5, 0.6) is 5.75 Å². The fourth-order valence-corrected chi connectivity index (χ4v) is 1.99. The third-order valence-corrected chi connectivity index (χ3v) is 3.68. The maximum atomic E-state index is 11.2. The van der Waals surface area contributed by atoms with Crippen LogP contribution in [-0.4, -0.2) is 28.2 Å². The first-order chi connectivity index (χ1) is 8.91. The van der Waals surface area contributed by atoms with Gasteiger partial charge in [0, 0.05) is 6.07 Å². The third kappa shape index (κ3) is 3.72. The number of hydrogen-bond acceptors (Lipinski definition) is 4. The lowest BCUT2D eigenvalue weighted by atomic mass is 10.2. The van der Waals surface area contributed by atoms with E-state index >= 15 is 0 Å². The van der Waals surface area contributed by atoms with E-state index in [0.29, 0.717) is 19.4 Å². The van der Waals surface area contributed by atoms with E-state index in [-0.39, 0.29) is 21.6 Å². The van der Waals surface area contributed by atoms with E-state index in [1.165, 1.54) is 6.07 Å². The van der Waals surface area contributed by atoms with Gasteiger partial charge in [0.1, 0.15) is 5.15 Å². The molecule has 1 aliphatic rings. The smallest absolute Gasteiger partial charge is 0.271 e. The van der Waals surface area contributed by atoms with E-state index in [1.807, 2.05) is 0 Å². The molecule has 1 amide bonds. The van der Waals surface area contributed by atoms with E-state index in [1.54, 1.807) is 0 Å². The number of amides is 1. The first-order valence-corrected chi connectivity index (χ1v) is 6.68. The van der Waals surface area contributed by atoms with Gasteiger partial charge < -0.3 is 15.6 Å². The molecule has 104 valence electrons. The van der Waals surface area contributed by atoms with Crippen molar-refractivity contribution in [1.29, 1.82) is 0 Å². The summed E-state index contributed by atoms with van der Waals surface area (Å²) in [6.45, 7) is 0.349. The molecule has 1 fully saturated rings. The molecule has 0 spiro atoms. The van der Waals surface area contributed by atoms with Crippen molar-refractivity contribution in [2.75, 3.05) is 6.61 Å². The fourth-order valence-electron chi connectivity index (χ4n) is 1.71. The van der Waals surface area contributed by atoms with Gasteiger partial charge in [0.15, 0.2) is 11.4 Å². The van der Waals surface area contributed by atoms with E-state index in [2.05, 4.69) is 4.98 Å². The summed E-state index contributed by atoms with van der Waals surface area (Å²) in [4.78, 5) is 15.0. The van der Waals surface area contributed by atoms with Gasteiger partial charge in [0.05, 0.1) is 17.2 Å². The average Bonchev–Trinajstić information content (AvgIpc) is 3.07. The van der Waals surface area contributed by atoms with Gasteiger partial charge in [0.25, 0.3) is 5.91 Å². The molecule has 5 nitrogen and oxygen atoms in total. The summed E-state index contributed by atoms with van der Waals surface area (Å²) in [5.41, 5.74) is 4.64. The van der Waals surface area contributed by atoms with Gasteiger partial charge in [-0.05, 0) is 25.7 Å². The van der Waals surface area contributed by atoms with Gasteiger partial charge in [-0.15, -0.1) is 0 Å². The van der Waals surface area contributed by atoms with Crippen molar-refractivity contribution in [2.45, 2.75) is 31.3 Å². The summed E-state index contributed by atoms with van der Waals surface area (Å²) in [5, 5.41) is 9.87. The standard InChI is InChI=1S/C12H14Cl2N2O3/c13-7-6-8(9(11(15)17)16-10(7)14)19-5-1-2-12(18)3-4-12/h6,18H,1-5H2,(H2,15,17). The summed E-state index contributed by atoms with van der Waals surface area (Å²) in [7, 11) is 0. The van der Waals surface area contributed by atoms with Gasteiger partial charge in [-0.2, -0.15) is 0 Å². The lowest BCUT2D eigenvalue weighted by molar-refractivity contribution is 0.0989. The highest BCUT2D eigenvalue weighted by atomic mass is 35.5. The largest absolute Gasteiger partial charge is 0.491 e. The Balaban J connectivity index is 1.98. The van der Waals surface area contributed by atoms with Crippen molar-refractivity contribution in [3.8, 4) is 5.75 Å². The highest BCUT2D eigenvalue weighted by Crippen LogP contribution is 2.39. The van der Waals surface area contributed by atoms with Crippen LogP contribution in [0, 0.1) is 0 Å². The van der Waals surface area contributed by atoms with Crippen LogP contribution in [0.15, 0.2) is 6.07 Å². The molecule has 0 radical (unpaired) electrons. The summed E-state index contributed by atoms with van der Waals surface area (Å²) >= 11 is 11.5. The number of nitrogens with zero attached hydrogens (tertiary/aromatic N) is 1. The highest BCUT2D eigenvalue weighted by Gasteiger charge is 2.39. The SMILES string of the molecule is NC(=O)c1nc(Cl)c(Cl)cc1OCCCC1(O)CC1. The van der Waals surface area contributed by atoms with Gasteiger partial charge >= 0.3 is 0 Å². The molecule has 1 heterocycles. The van der Waals surface area contributed by atoms with Gasteiger partial charge in [-0.3, -0.25) is 4.79 Å². The summed E-state index contributed by atoms with van der Waals surface area (Å²) in [6.07, 6.45) is 3.03. The maximum absolute atomic E-state index is 11.2. The van der Waals surface area contributed by atoms with Gasteiger partial charge in [-0.1, -0.05) is 23.2 Å². The van der Waals surface area contributed by atoms with Crippen LogP contribution in [0.1, 0.15) is 36.2 Å². The third-order valence-electron chi connectivity index (χ3n) is 3.00. The summed E-state index contributed by atoms with van der Waals surface area (Å²) < 4.78 is 5.44. The predicted octanol–water partition coefficient (Wildman–Crippen LogP) is 2.17. The van der Waals surface area contributed by atoms with Crippen LogP contribution in [-0.2, 0) is 0 Å². The fraction of sp³-hybridized carbons (Fsp3) is 0.500. The number of ether oxygens (including phenoxy) is 1. The molecule has 1 aromatic heterocycles. The van der Waals surface area contributed by atoms with E-state index in [0.717, 1.165) is 12.8 Å². The Kier molecular flexibility index (Phi) is 4.18. The molecule has 3 N–H and O–H groups in total. The summed E-state index contributed by atoms with van der Waals surface area (Å²) in [6, 6.07) is 1.42. The van der Waals surface area contributed by atoms with Crippen LogP contribution in [0.2, 0.25) is 10.2 Å². The molecule has 1 saturated carbocycles. The Morgan fingerprint density at radius 2 is 2.21 bits per heavy atom. The molecule has 2 rings (SSSR count). The molecule has 0 saturated heterocycles. The molecular formula is C12H14Cl2N2O3. The number of carbonyl (C=O) groups is 1. The number of carbonyl (C=O) groups excluding carboxylic acids is 1. The summed E-state index contributed by atoms with van der Waals surface area (Å²) in [5.74, 6) is -0.515. The number of rotatable bonds is 6. The van der Waals surface area contributed by atoms with Crippen LogP contribution in [0.3, 0.4) is 0 Å². The minimum absolute atomic E-state index is 0.00936. The predicted molar refractivity (Wildman–Crippen MR) is 71.7 cm³/mol. The number of primary amides is 1. The molecular weight excluding hydrogens is 291 g/mol. The molecule has 7 heteroatoms. The Hall–Kier alpha value is -1.04. The Bertz CT molecular complexity index is 504. The maximum Gasteiger partial charge on any atom is 0.271 e. The normalized spacial score (nSPS) is 16.2. The Morgan fingerprint density at radius 3 is 2.79 bits per heavy atom. The van der Waals surface area contributed by atoms with E-state index < -0.39 is 11.5 Å². The zero-order valence-corrected chi connectivity index (χ0v) is 11.7. The quantitative estimate of drug-likeness (QED) is 0.623. The molecule has 1 aromatic rings. The number of hydrogen-bond donors (Lipinski definition) is 2. The number of halogens is 2. The zero-order chi connectivity index (χ0) is 14.0. The molecule has 19 heavy (non-hydrogen) atoms. The monoisotopic (exact) mass is 304 g/mol. The molecule has 0 unspecified atom stereocenters. The molecule has 0 bridgehead atoms. The van der Waals surface area contributed by atoms with Crippen LogP contribution in [0.4, 0.5) is 0 Å². The second-order valence-electron chi connectivity index (χ2n) is 4.65. The van der Waals surface area contributed by atoms with Crippen molar-refractivity contribution in [1.82, 2.24) is 4.98 Å². The molecule has 0 aliphatic heterocycles. The average molecular weight is 305 g/mol. The van der Waals surface area contributed by atoms with Crippen LogP contribution < -0.4 is 10.5 Å². The van der Waals surface area contributed by atoms with Crippen molar-refractivity contribution >= 4 is 29.1 Å². The number of aromatic nitrogens is 1. The number of nitrogens with two attached hydrogens (primary N) is 1. The second-order valence-corrected chi connectivity index (χ2v) is 5.41. The van der Waals surface area contributed by atoms with E-state index in [9.17, 15) is 9.90 Å². The highest BCUT2D eigenvalue weighted by molar-refractivity contribution is 6.41. The minimum Gasteiger partial charge on any atom is -0.491 e. The van der Waals surface area contributed by atoms with Crippen molar-refractivity contribution < 1.29 is 14.6 Å². The van der Waals surface area contributed by atoms with Crippen molar-refractivity contribution in [3.05, 3.63) is 21.9 Å². The molecule has 0 atom stereocenters. The Labute approximate surface area is 120 Å². The second kappa shape index (κ2) is 5.53.